The lowest BCUT2D eigenvalue weighted by atomic mass is 9.81. The lowest BCUT2D eigenvalue weighted by Gasteiger charge is -2.27. The van der Waals surface area contributed by atoms with Crippen LogP contribution in [0.3, 0.4) is 0 Å². The van der Waals surface area contributed by atoms with Crippen LogP contribution in [0.1, 0.15) is 64.7 Å². The Hall–Kier alpha value is -4.30. The number of H-pyrrole nitrogens is 1. The van der Waals surface area contributed by atoms with Gasteiger partial charge in [0.2, 0.25) is 0 Å². The summed E-state index contributed by atoms with van der Waals surface area (Å²) in [5, 5.41) is 12.5. The van der Waals surface area contributed by atoms with Crippen LogP contribution >= 0.6 is 11.6 Å². The maximum atomic E-state index is 14.4. The van der Waals surface area contributed by atoms with Gasteiger partial charge in [-0.15, -0.1) is 11.6 Å². The molecule has 0 saturated heterocycles. The number of fused-ring (bicyclic) bond motifs is 1. The number of aromatic amines is 1. The smallest absolute Gasteiger partial charge is 0.336 e. The number of rotatable bonds is 10. The minimum atomic E-state index is -1.24. The molecular weight excluding hydrogens is 548 g/mol. The molecule has 1 heterocycles. The van der Waals surface area contributed by atoms with Gasteiger partial charge >= 0.3 is 5.97 Å². The first-order valence-corrected chi connectivity index (χ1v) is 13.6. The van der Waals surface area contributed by atoms with Crippen LogP contribution in [0.4, 0.5) is 8.78 Å². The molecule has 1 amide bonds. The Morgan fingerprint density at radius 1 is 1.24 bits per heavy atom. The highest BCUT2D eigenvalue weighted by Gasteiger charge is 2.32. The molecule has 1 aliphatic carbocycles. The molecule has 41 heavy (non-hydrogen) atoms. The zero-order chi connectivity index (χ0) is 29.7. The molecule has 9 heteroatoms. The zero-order valence-corrected chi connectivity index (χ0v) is 23.4. The van der Waals surface area contributed by atoms with Crippen molar-refractivity contribution in [2.45, 2.75) is 44.0 Å². The molecule has 1 unspecified atom stereocenters. The number of benzene rings is 2. The monoisotopic (exact) mass is 577 g/mol. The Morgan fingerprint density at radius 2 is 2.02 bits per heavy atom. The molecular formula is C32H30ClF2N3O3. The molecule has 1 aromatic heterocycles. The first-order chi connectivity index (χ1) is 19.6. The quantitative estimate of drug-likeness (QED) is 0.172. The van der Waals surface area contributed by atoms with Gasteiger partial charge in [0.25, 0.3) is 5.91 Å². The summed E-state index contributed by atoms with van der Waals surface area (Å²) in [6.45, 7) is 7.59. The highest BCUT2D eigenvalue weighted by Crippen LogP contribution is 2.41. The number of amides is 1. The van der Waals surface area contributed by atoms with Crippen LogP contribution in [-0.4, -0.2) is 38.4 Å². The van der Waals surface area contributed by atoms with Crippen molar-refractivity contribution in [2.24, 2.45) is 0 Å². The molecule has 3 atom stereocenters. The van der Waals surface area contributed by atoms with Crippen LogP contribution < -0.4 is 5.32 Å². The van der Waals surface area contributed by atoms with Gasteiger partial charge in [-0.1, -0.05) is 74.1 Å². The number of carbonyl (C=O) groups excluding carboxylic acids is 1. The topological polar surface area (TPSA) is 95.1 Å². The summed E-state index contributed by atoms with van der Waals surface area (Å²) in [5.74, 6) is -3.68. The Balaban J connectivity index is 1.70. The molecule has 0 aliphatic heterocycles. The van der Waals surface area contributed by atoms with Crippen LogP contribution in [-0.2, 0) is 0 Å². The third kappa shape index (κ3) is 6.55. The van der Waals surface area contributed by atoms with Gasteiger partial charge < -0.3 is 15.4 Å². The second-order valence-corrected chi connectivity index (χ2v) is 10.3. The van der Waals surface area contributed by atoms with Gasteiger partial charge in [-0.25, -0.2) is 18.6 Å². The first-order valence-electron chi connectivity index (χ1n) is 13.2. The zero-order valence-electron chi connectivity index (χ0n) is 22.6. The van der Waals surface area contributed by atoms with Gasteiger partial charge in [0.05, 0.1) is 22.5 Å². The standard InChI is InChI=1S/C32H30ClF2N3O3/c1-4-6-7-10-18(3)26(9-5-2)37-31(39)19-13-14-21(23(15-19)32(40)41)28-22(11-8-12-24(28)33)30-36-27-17-20(34)16-25(35)29(27)38-30/h4,6-8,10-17,24,26,28H,1,5,9H2,2-3H3,(H,36,38)(H,37,39)(H,40,41)/b7-6-,18-10+/t24-,26+,28?/m0/s1. The average Bonchev–Trinajstić information content (AvgIpc) is 3.36. The fourth-order valence-electron chi connectivity index (χ4n) is 4.90. The number of allylic oxidation sites excluding steroid dienone is 8. The van der Waals surface area contributed by atoms with Crippen molar-refractivity contribution in [1.82, 2.24) is 15.3 Å². The number of hydrogen-bond acceptors (Lipinski definition) is 3. The van der Waals surface area contributed by atoms with E-state index < -0.39 is 34.8 Å². The van der Waals surface area contributed by atoms with E-state index in [4.69, 9.17) is 11.6 Å². The number of carboxylic acids is 1. The second kappa shape index (κ2) is 12.9. The van der Waals surface area contributed by atoms with Crippen molar-refractivity contribution in [2.75, 3.05) is 0 Å². The molecule has 2 aromatic carbocycles. The summed E-state index contributed by atoms with van der Waals surface area (Å²) in [6.07, 6.45) is 13.8. The Morgan fingerprint density at radius 3 is 2.73 bits per heavy atom. The fraction of sp³-hybridized carbons (Fsp3) is 0.219. The normalized spacial score (nSPS) is 18.0. The first kappa shape index (κ1) is 29.7. The van der Waals surface area contributed by atoms with Gasteiger partial charge in [0.1, 0.15) is 17.2 Å². The molecule has 0 bridgehead atoms. The van der Waals surface area contributed by atoms with Crippen molar-refractivity contribution in [3.05, 3.63) is 119 Å². The largest absolute Gasteiger partial charge is 0.478 e. The molecule has 0 spiro atoms. The van der Waals surface area contributed by atoms with E-state index >= 15 is 0 Å². The maximum Gasteiger partial charge on any atom is 0.336 e. The van der Waals surface area contributed by atoms with E-state index in [9.17, 15) is 23.5 Å². The number of hydrogen-bond donors (Lipinski definition) is 3. The van der Waals surface area contributed by atoms with Crippen LogP contribution in [0.5, 0.6) is 0 Å². The summed E-state index contributed by atoms with van der Waals surface area (Å²) in [6, 6.07) is 6.10. The third-order valence-corrected chi connectivity index (χ3v) is 7.32. The minimum Gasteiger partial charge on any atom is -0.478 e. The highest BCUT2D eigenvalue weighted by atomic mass is 35.5. The van der Waals surface area contributed by atoms with Gasteiger partial charge in [0, 0.05) is 23.1 Å². The third-order valence-electron chi connectivity index (χ3n) is 6.92. The Bertz CT molecular complexity index is 1620. The summed E-state index contributed by atoms with van der Waals surface area (Å²) in [4.78, 5) is 32.9. The maximum absolute atomic E-state index is 14.4. The average molecular weight is 578 g/mol. The highest BCUT2D eigenvalue weighted by molar-refractivity contribution is 6.23. The van der Waals surface area contributed by atoms with E-state index in [1.807, 2.05) is 26.0 Å². The molecule has 0 fully saturated rings. The SMILES string of the molecule is C=C/C=C\C=C(/C)[C@@H](CCC)NC(=O)c1ccc(C2C(c3nc4c(F)cc(F)cc4[nH]3)=CC=C[C@@H]2Cl)c(C(=O)O)c1. The Kier molecular flexibility index (Phi) is 9.35. The fourth-order valence-corrected chi connectivity index (χ4v) is 5.25. The van der Waals surface area contributed by atoms with Crippen LogP contribution in [0, 0.1) is 11.6 Å². The van der Waals surface area contributed by atoms with E-state index in [1.165, 1.54) is 6.07 Å². The number of halogens is 3. The number of imidazole rings is 1. The molecule has 0 radical (unpaired) electrons. The lowest BCUT2D eigenvalue weighted by molar-refractivity contribution is 0.0695. The summed E-state index contributed by atoms with van der Waals surface area (Å²) in [5.41, 5.74) is 2.01. The molecule has 3 aromatic rings. The van der Waals surface area contributed by atoms with Crippen LogP contribution in [0.25, 0.3) is 16.6 Å². The number of nitrogens with zero attached hydrogens (tertiary/aromatic N) is 1. The van der Waals surface area contributed by atoms with Gasteiger partial charge in [-0.3, -0.25) is 4.79 Å². The van der Waals surface area contributed by atoms with Crippen molar-refractivity contribution in [3.8, 4) is 0 Å². The number of nitrogens with one attached hydrogen (secondary N) is 2. The summed E-state index contributed by atoms with van der Waals surface area (Å²) < 4.78 is 28.2. The predicted octanol–water partition coefficient (Wildman–Crippen LogP) is 7.47. The van der Waals surface area contributed by atoms with Crippen LogP contribution in [0.15, 0.2) is 85.0 Å². The number of carbonyl (C=O) groups is 2. The molecule has 3 N–H and O–H groups in total. The molecule has 1 aliphatic rings. The van der Waals surface area contributed by atoms with Gasteiger partial charge in [0.15, 0.2) is 5.82 Å². The molecule has 4 rings (SSSR count). The number of aromatic nitrogens is 2. The van der Waals surface area contributed by atoms with Crippen molar-refractivity contribution >= 4 is 40.1 Å². The summed E-state index contributed by atoms with van der Waals surface area (Å²) in [7, 11) is 0. The molecule has 0 saturated carbocycles. The van der Waals surface area contributed by atoms with Crippen LogP contribution in [0.2, 0.25) is 0 Å². The lowest BCUT2D eigenvalue weighted by Crippen LogP contribution is -2.35. The molecule has 6 nitrogen and oxygen atoms in total. The second-order valence-electron chi connectivity index (χ2n) is 9.75. The summed E-state index contributed by atoms with van der Waals surface area (Å²) >= 11 is 6.69. The molecule has 212 valence electrons. The van der Waals surface area contributed by atoms with Crippen molar-refractivity contribution in [3.63, 3.8) is 0 Å². The van der Waals surface area contributed by atoms with Gasteiger partial charge in [-0.05, 0) is 37.1 Å². The van der Waals surface area contributed by atoms with Crippen molar-refractivity contribution in [1.29, 1.82) is 0 Å². The number of alkyl halides is 1. The van der Waals surface area contributed by atoms with Gasteiger partial charge in [-0.2, -0.15) is 0 Å². The van der Waals surface area contributed by atoms with E-state index in [0.717, 1.165) is 24.1 Å². The van der Waals surface area contributed by atoms with E-state index in [0.29, 0.717) is 17.6 Å². The van der Waals surface area contributed by atoms with E-state index in [-0.39, 0.29) is 34.0 Å². The van der Waals surface area contributed by atoms with Crippen molar-refractivity contribution < 1.29 is 23.5 Å². The van der Waals surface area contributed by atoms with E-state index in [2.05, 4.69) is 21.9 Å². The number of carboxylic acid groups (broad SMARTS) is 1. The minimum absolute atomic E-state index is 0.0434. The van der Waals surface area contributed by atoms with E-state index in [1.54, 1.807) is 42.5 Å². The number of aromatic carboxylic acids is 1. The predicted molar refractivity (Wildman–Crippen MR) is 158 cm³/mol. The Labute approximate surface area is 241 Å².